The minimum Gasteiger partial charge on any atom is -0.453 e. The molecule has 19 heavy (non-hydrogen) atoms. The Morgan fingerprint density at radius 1 is 1.21 bits per heavy atom. The Labute approximate surface area is 112 Å². The van der Waals surface area contributed by atoms with E-state index in [9.17, 15) is 9.59 Å². The van der Waals surface area contributed by atoms with Crippen LogP contribution in [0.3, 0.4) is 0 Å². The summed E-state index contributed by atoms with van der Waals surface area (Å²) in [6.45, 7) is 5.59. The minimum atomic E-state index is -0.216. The van der Waals surface area contributed by atoms with Crippen molar-refractivity contribution in [3.8, 4) is 0 Å². The maximum absolute atomic E-state index is 12.2. The molecule has 0 N–H and O–H groups in total. The highest BCUT2D eigenvalue weighted by Crippen LogP contribution is 2.27. The first kappa shape index (κ1) is 13.5. The van der Waals surface area contributed by atoms with Crippen molar-refractivity contribution in [3.63, 3.8) is 0 Å². The molecule has 0 fully saturated rings. The molecule has 2 aromatic rings. The number of hydrogen-bond donors (Lipinski definition) is 0. The lowest BCUT2D eigenvalue weighted by atomic mass is 10.00. The van der Waals surface area contributed by atoms with Crippen LogP contribution in [0.15, 0.2) is 28.7 Å². The van der Waals surface area contributed by atoms with Crippen molar-refractivity contribution < 1.29 is 14.0 Å². The molecule has 100 valence electrons. The molecular formula is C16H18O3. The van der Waals surface area contributed by atoms with Gasteiger partial charge in [0.25, 0.3) is 0 Å². The summed E-state index contributed by atoms with van der Waals surface area (Å²) in [5.74, 6) is -0.0460. The van der Waals surface area contributed by atoms with Crippen LogP contribution in [0.2, 0.25) is 0 Å². The Bertz CT molecular complexity index is 620. The number of Topliss-reactive ketones (excluding diaryl/α,β-unsaturated/α-hetero) is 2. The van der Waals surface area contributed by atoms with E-state index < -0.39 is 0 Å². The molecule has 3 nitrogen and oxygen atoms in total. The van der Waals surface area contributed by atoms with Gasteiger partial charge in [-0.05, 0) is 12.5 Å². The minimum absolute atomic E-state index is 0.0486. The fourth-order valence-corrected chi connectivity index (χ4v) is 2.12. The monoisotopic (exact) mass is 258 g/mol. The maximum Gasteiger partial charge on any atom is 0.205 e. The van der Waals surface area contributed by atoms with E-state index in [2.05, 4.69) is 0 Å². The lowest BCUT2D eigenvalue weighted by Gasteiger charge is -2.02. The van der Waals surface area contributed by atoms with Crippen LogP contribution in [0.25, 0.3) is 11.0 Å². The van der Waals surface area contributed by atoms with E-state index in [-0.39, 0.29) is 23.9 Å². The van der Waals surface area contributed by atoms with Gasteiger partial charge in [-0.2, -0.15) is 0 Å². The van der Waals surface area contributed by atoms with Gasteiger partial charge in [0.1, 0.15) is 11.4 Å². The lowest BCUT2D eigenvalue weighted by molar-refractivity contribution is -0.121. The second kappa shape index (κ2) is 5.39. The van der Waals surface area contributed by atoms with Crippen LogP contribution in [-0.4, -0.2) is 11.6 Å². The third-order valence-corrected chi connectivity index (χ3v) is 3.28. The molecule has 0 bridgehead atoms. The van der Waals surface area contributed by atoms with E-state index in [0.29, 0.717) is 17.8 Å². The van der Waals surface area contributed by atoms with Crippen molar-refractivity contribution in [3.05, 3.63) is 35.6 Å². The topological polar surface area (TPSA) is 47.3 Å². The summed E-state index contributed by atoms with van der Waals surface area (Å²) >= 11 is 0. The average Bonchev–Trinajstić information content (AvgIpc) is 2.76. The molecule has 3 heteroatoms. The van der Waals surface area contributed by atoms with Crippen LogP contribution < -0.4 is 0 Å². The number of benzene rings is 1. The van der Waals surface area contributed by atoms with E-state index in [0.717, 1.165) is 10.9 Å². The SMILES string of the molecule is CCc1c(C(=O)CC(=O)C(C)C)oc2ccccc12. The molecule has 0 amide bonds. The van der Waals surface area contributed by atoms with Gasteiger partial charge < -0.3 is 4.42 Å². The molecule has 0 saturated heterocycles. The molecule has 0 aliphatic carbocycles. The van der Waals surface area contributed by atoms with Crippen LogP contribution in [0.1, 0.15) is 43.3 Å². The number of fused-ring (bicyclic) bond motifs is 1. The molecule has 0 spiro atoms. The number of furan rings is 1. The molecule has 1 aromatic carbocycles. The Kier molecular flexibility index (Phi) is 3.84. The van der Waals surface area contributed by atoms with Gasteiger partial charge in [-0.25, -0.2) is 0 Å². The quantitative estimate of drug-likeness (QED) is 0.605. The smallest absolute Gasteiger partial charge is 0.205 e. The zero-order chi connectivity index (χ0) is 14.0. The summed E-state index contributed by atoms with van der Waals surface area (Å²) in [6.07, 6.45) is 0.637. The summed E-state index contributed by atoms with van der Waals surface area (Å²) in [6, 6.07) is 7.58. The summed E-state index contributed by atoms with van der Waals surface area (Å²) in [5, 5.41) is 0.963. The molecule has 0 aliphatic heterocycles. The van der Waals surface area contributed by atoms with E-state index in [1.165, 1.54) is 0 Å². The number of aryl methyl sites for hydroxylation is 1. The van der Waals surface area contributed by atoms with Crippen LogP contribution in [-0.2, 0) is 11.2 Å². The van der Waals surface area contributed by atoms with Crippen LogP contribution >= 0.6 is 0 Å². The Hall–Kier alpha value is -1.90. The van der Waals surface area contributed by atoms with Gasteiger partial charge in [0.2, 0.25) is 5.78 Å². The third kappa shape index (κ3) is 2.60. The van der Waals surface area contributed by atoms with Gasteiger partial charge >= 0.3 is 0 Å². The molecule has 0 saturated carbocycles. The lowest BCUT2D eigenvalue weighted by Crippen LogP contribution is -2.13. The predicted octanol–water partition coefficient (Wildman–Crippen LogP) is 3.79. The van der Waals surface area contributed by atoms with Crippen LogP contribution in [0, 0.1) is 5.92 Å². The van der Waals surface area contributed by atoms with E-state index in [1.807, 2.05) is 31.2 Å². The third-order valence-electron chi connectivity index (χ3n) is 3.28. The van der Waals surface area contributed by atoms with Crippen LogP contribution in [0.4, 0.5) is 0 Å². The fourth-order valence-electron chi connectivity index (χ4n) is 2.12. The summed E-state index contributed by atoms with van der Waals surface area (Å²) < 4.78 is 5.63. The van der Waals surface area contributed by atoms with Gasteiger partial charge in [-0.1, -0.05) is 39.0 Å². The van der Waals surface area contributed by atoms with Crippen molar-refractivity contribution in [1.29, 1.82) is 0 Å². The summed E-state index contributed by atoms with van der Waals surface area (Å²) in [5.41, 5.74) is 1.61. The molecule has 2 rings (SSSR count). The largest absolute Gasteiger partial charge is 0.453 e. The number of carbonyl (C=O) groups is 2. The zero-order valence-electron chi connectivity index (χ0n) is 11.5. The highest BCUT2D eigenvalue weighted by atomic mass is 16.3. The first-order chi connectivity index (χ1) is 9.04. The van der Waals surface area contributed by atoms with Crippen molar-refractivity contribution in [2.75, 3.05) is 0 Å². The molecule has 0 aliphatic rings. The normalized spacial score (nSPS) is 11.2. The van der Waals surface area contributed by atoms with Gasteiger partial charge in [0.05, 0.1) is 6.42 Å². The molecular weight excluding hydrogens is 240 g/mol. The van der Waals surface area contributed by atoms with Gasteiger partial charge in [-0.3, -0.25) is 9.59 Å². The predicted molar refractivity (Wildman–Crippen MR) is 74.4 cm³/mol. The molecule has 1 heterocycles. The van der Waals surface area contributed by atoms with Crippen molar-refractivity contribution in [1.82, 2.24) is 0 Å². The van der Waals surface area contributed by atoms with E-state index >= 15 is 0 Å². The molecule has 1 aromatic heterocycles. The maximum atomic E-state index is 12.2. The van der Waals surface area contributed by atoms with Crippen LogP contribution in [0.5, 0.6) is 0 Å². The number of rotatable bonds is 5. The average molecular weight is 258 g/mol. The van der Waals surface area contributed by atoms with Gasteiger partial charge in [0, 0.05) is 16.9 Å². The second-order valence-electron chi connectivity index (χ2n) is 4.98. The second-order valence-corrected chi connectivity index (χ2v) is 4.98. The summed E-state index contributed by atoms with van der Waals surface area (Å²) in [4.78, 5) is 23.9. The zero-order valence-corrected chi connectivity index (χ0v) is 11.5. The van der Waals surface area contributed by atoms with Crippen molar-refractivity contribution in [2.24, 2.45) is 5.92 Å². The van der Waals surface area contributed by atoms with Gasteiger partial charge in [0.15, 0.2) is 5.76 Å². The van der Waals surface area contributed by atoms with Crippen molar-refractivity contribution >= 4 is 22.5 Å². The van der Waals surface area contributed by atoms with E-state index in [4.69, 9.17) is 4.42 Å². The number of carbonyl (C=O) groups excluding carboxylic acids is 2. The van der Waals surface area contributed by atoms with Gasteiger partial charge in [-0.15, -0.1) is 0 Å². The number of ketones is 2. The Morgan fingerprint density at radius 3 is 2.53 bits per heavy atom. The standard InChI is InChI=1S/C16H18O3/c1-4-11-12-7-5-6-8-15(12)19-16(11)14(18)9-13(17)10(2)3/h5-8,10H,4,9H2,1-3H3. The summed E-state index contributed by atoms with van der Waals surface area (Å²) in [7, 11) is 0. The highest BCUT2D eigenvalue weighted by Gasteiger charge is 2.22. The molecule has 0 atom stereocenters. The Morgan fingerprint density at radius 2 is 1.89 bits per heavy atom. The first-order valence-electron chi connectivity index (χ1n) is 6.60. The van der Waals surface area contributed by atoms with E-state index in [1.54, 1.807) is 13.8 Å². The number of hydrogen-bond acceptors (Lipinski definition) is 3. The first-order valence-corrected chi connectivity index (χ1v) is 6.60. The highest BCUT2D eigenvalue weighted by molar-refractivity contribution is 6.09. The number of para-hydroxylation sites is 1. The molecule has 0 radical (unpaired) electrons. The molecule has 0 unspecified atom stereocenters. The van der Waals surface area contributed by atoms with Crippen molar-refractivity contribution in [2.45, 2.75) is 33.6 Å². The Balaban J connectivity index is 2.39. The fraction of sp³-hybridized carbons (Fsp3) is 0.375.